The predicted octanol–water partition coefficient (Wildman–Crippen LogP) is 1.39. The minimum atomic E-state index is -0.251. The van der Waals surface area contributed by atoms with Crippen LogP contribution < -0.4 is 5.73 Å². The molecule has 0 bridgehead atoms. The number of hydrogen-bond acceptors (Lipinski definition) is 5. The summed E-state index contributed by atoms with van der Waals surface area (Å²) in [5.74, 6) is -0.0942. The van der Waals surface area contributed by atoms with Crippen LogP contribution in [0.1, 0.15) is 18.4 Å². The van der Waals surface area contributed by atoms with Gasteiger partial charge in [-0.05, 0) is 18.5 Å². The van der Waals surface area contributed by atoms with Crippen LogP contribution >= 0.6 is 24.8 Å². The number of nitrogens with zero attached hydrogens (tertiary/aromatic N) is 3. The van der Waals surface area contributed by atoms with Gasteiger partial charge in [0.15, 0.2) is 0 Å². The summed E-state index contributed by atoms with van der Waals surface area (Å²) in [7, 11) is 0. The summed E-state index contributed by atoms with van der Waals surface area (Å²) in [4.78, 5) is 31.6. The molecule has 2 N–H and O–H groups in total. The maximum absolute atomic E-state index is 13.1. The Morgan fingerprint density at radius 2 is 1.83 bits per heavy atom. The number of rotatable bonds is 9. The van der Waals surface area contributed by atoms with Crippen molar-refractivity contribution in [3.05, 3.63) is 35.9 Å². The number of benzene rings is 1. The molecule has 7 nitrogen and oxygen atoms in total. The maximum atomic E-state index is 13.1. The van der Waals surface area contributed by atoms with Gasteiger partial charge in [-0.1, -0.05) is 30.3 Å². The summed E-state index contributed by atoms with van der Waals surface area (Å²) in [5, 5.41) is 0. The molecule has 1 aromatic carbocycles. The van der Waals surface area contributed by atoms with Crippen LogP contribution in [0.5, 0.6) is 0 Å². The first-order valence-corrected chi connectivity index (χ1v) is 10.3. The number of nitrogens with two attached hydrogens (primary N) is 1. The highest BCUT2D eigenvalue weighted by atomic mass is 35.5. The number of carbonyl (C=O) groups excluding carboxylic acids is 2. The van der Waals surface area contributed by atoms with Crippen molar-refractivity contribution in [1.29, 1.82) is 0 Å². The van der Waals surface area contributed by atoms with Crippen molar-refractivity contribution in [2.75, 3.05) is 59.0 Å². The molecule has 0 aliphatic carbocycles. The Labute approximate surface area is 191 Å². The average molecular weight is 461 g/mol. The normalized spacial score (nSPS) is 19.2. The van der Waals surface area contributed by atoms with E-state index < -0.39 is 0 Å². The number of amides is 2. The molecule has 3 rings (SSSR count). The Morgan fingerprint density at radius 3 is 2.50 bits per heavy atom. The largest absolute Gasteiger partial charge is 0.379 e. The van der Waals surface area contributed by atoms with Crippen molar-refractivity contribution in [1.82, 2.24) is 14.7 Å². The van der Waals surface area contributed by atoms with Crippen molar-refractivity contribution in [3.63, 3.8) is 0 Å². The summed E-state index contributed by atoms with van der Waals surface area (Å²) in [6, 6.07) is 9.98. The summed E-state index contributed by atoms with van der Waals surface area (Å²) in [6.07, 6.45) is 1.08. The van der Waals surface area contributed by atoms with Gasteiger partial charge in [0.1, 0.15) is 0 Å². The third kappa shape index (κ3) is 7.71. The molecule has 1 aromatic rings. The van der Waals surface area contributed by atoms with E-state index in [2.05, 4.69) is 4.90 Å². The van der Waals surface area contributed by atoms with Gasteiger partial charge in [-0.15, -0.1) is 24.8 Å². The van der Waals surface area contributed by atoms with Crippen LogP contribution in [-0.2, 0) is 20.9 Å². The molecule has 2 aliphatic heterocycles. The molecule has 1 unspecified atom stereocenters. The second-order valence-electron chi connectivity index (χ2n) is 7.58. The zero-order valence-electron chi connectivity index (χ0n) is 17.4. The van der Waals surface area contributed by atoms with E-state index in [-0.39, 0.29) is 42.5 Å². The number of halogens is 2. The fourth-order valence-corrected chi connectivity index (χ4v) is 3.85. The molecule has 0 saturated carbocycles. The average Bonchev–Trinajstić information content (AvgIpc) is 3.11. The van der Waals surface area contributed by atoms with Crippen molar-refractivity contribution < 1.29 is 14.3 Å². The first-order chi connectivity index (χ1) is 13.7. The maximum Gasteiger partial charge on any atom is 0.228 e. The minimum Gasteiger partial charge on any atom is -0.379 e. The Balaban J connectivity index is 0.00000225. The van der Waals surface area contributed by atoms with Gasteiger partial charge in [0.05, 0.1) is 19.1 Å². The Hall–Kier alpha value is -1.38. The lowest BCUT2D eigenvalue weighted by Gasteiger charge is -2.29. The lowest BCUT2D eigenvalue weighted by atomic mass is 10.1. The second kappa shape index (κ2) is 13.8. The molecule has 1 atom stereocenters. The lowest BCUT2D eigenvalue weighted by Crippen LogP contribution is -2.42. The zero-order chi connectivity index (χ0) is 19.8. The van der Waals surface area contributed by atoms with Crippen LogP contribution in [0, 0.1) is 5.92 Å². The Kier molecular flexibility index (Phi) is 12.3. The third-order valence-corrected chi connectivity index (χ3v) is 5.51. The molecule has 2 fully saturated rings. The minimum absolute atomic E-state index is 0. The molecule has 0 radical (unpaired) electrons. The van der Waals surface area contributed by atoms with Gasteiger partial charge in [-0.3, -0.25) is 14.5 Å². The molecule has 0 aromatic heterocycles. The van der Waals surface area contributed by atoms with Gasteiger partial charge in [-0.2, -0.15) is 0 Å². The number of likely N-dealkylation sites (tertiary alicyclic amines) is 1. The molecule has 30 heavy (non-hydrogen) atoms. The van der Waals surface area contributed by atoms with E-state index in [1.807, 2.05) is 40.1 Å². The van der Waals surface area contributed by atoms with E-state index in [1.54, 1.807) is 0 Å². The summed E-state index contributed by atoms with van der Waals surface area (Å²) in [6.45, 7) is 7.13. The van der Waals surface area contributed by atoms with Gasteiger partial charge in [-0.25, -0.2) is 0 Å². The van der Waals surface area contributed by atoms with Gasteiger partial charge < -0.3 is 20.3 Å². The van der Waals surface area contributed by atoms with Crippen molar-refractivity contribution >= 4 is 36.6 Å². The number of ether oxygens (including phenoxy) is 1. The summed E-state index contributed by atoms with van der Waals surface area (Å²) >= 11 is 0. The predicted molar refractivity (Wildman–Crippen MR) is 122 cm³/mol. The van der Waals surface area contributed by atoms with Crippen molar-refractivity contribution in [2.24, 2.45) is 11.7 Å². The van der Waals surface area contributed by atoms with Gasteiger partial charge in [0.2, 0.25) is 11.8 Å². The van der Waals surface area contributed by atoms with Gasteiger partial charge in [0.25, 0.3) is 0 Å². The highest BCUT2D eigenvalue weighted by Gasteiger charge is 2.36. The number of morpholine rings is 1. The van der Waals surface area contributed by atoms with E-state index in [1.165, 1.54) is 0 Å². The van der Waals surface area contributed by atoms with E-state index in [9.17, 15) is 9.59 Å². The lowest BCUT2D eigenvalue weighted by molar-refractivity contribution is -0.136. The highest BCUT2D eigenvalue weighted by Crippen LogP contribution is 2.21. The molecule has 2 heterocycles. The highest BCUT2D eigenvalue weighted by molar-refractivity contribution is 5.89. The second-order valence-corrected chi connectivity index (χ2v) is 7.58. The van der Waals surface area contributed by atoms with Crippen LogP contribution in [0.15, 0.2) is 30.3 Å². The van der Waals surface area contributed by atoms with Crippen LogP contribution in [0.3, 0.4) is 0 Å². The van der Waals surface area contributed by atoms with Gasteiger partial charge >= 0.3 is 0 Å². The summed E-state index contributed by atoms with van der Waals surface area (Å²) in [5.41, 5.74) is 6.76. The van der Waals surface area contributed by atoms with Crippen LogP contribution in [0.4, 0.5) is 0 Å². The smallest absolute Gasteiger partial charge is 0.228 e. The van der Waals surface area contributed by atoms with E-state index >= 15 is 0 Å². The van der Waals surface area contributed by atoms with E-state index in [0.717, 1.165) is 44.8 Å². The molecule has 2 amide bonds. The van der Waals surface area contributed by atoms with Crippen molar-refractivity contribution in [3.8, 4) is 0 Å². The van der Waals surface area contributed by atoms with Crippen LogP contribution in [0.25, 0.3) is 0 Å². The molecule has 0 spiro atoms. The molecule has 2 aliphatic rings. The first-order valence-electron chi connectivity index (χ1n) is 10.3. The molecular formula is C21H34Cl2N4O3. The standard InChI is InChI=1S/C21H32N4O3.2ClH/c22-7-4-8-25(16-18-5-2-1-3-6-18)21(27)19-15-20(26)24(17-19)10-9-23-11-13-28-14-12-23;;/h1-3,5-6,19H,4,7-17,22H2;2*1H. The quantitative estimate of drug-likeness (QED) is 0.602. The third-order valence-electron chi connectivity index (χ3n) is 5.51. The number of hydrogen-bond donors (Lipinski definition) is 1. The molecule has 2 saturated heterocycles. The topological polar surface area (TPSA) is 79.1 Å². The molecular weight excluding hydrogens is 427 g/mol. The van der Waals surface area contributed by atoms with E-state index in [4.69, 9.17) is 10.5 Å². The zero-order valence-corrected chi connectivity index (χ0v) is 19.0. The monoisotopic (exact) mass is 460 g/mol. The van der Waals surface area contributed by atoms with Crippen molar-refractivity contribution in [2.45, 2.75) is 19.4 Å². The summed E-state index contributed by atoms with van der Waals surface area (Å²) < 4.78 is 5.37. The molecule has 170 valence electrons. The SMILES string of the molecule is Cl.Cl.NCCCN(Cc1ccccc1)C(=O)C1CC(=O)N(CCN2CCOCC2)C1. The van der Waals surface area contributed by atoms with Crippen LogP contribution in [-0.4, -0.2) is 85.5 Å². The number of carbonyl (C=O) groups is 2. The van der Waals surface area contributed by atoms with E-state index in [0.29, 0.717) is 39.1 Å². The van der Waals surface area contributed by atoms with Gasteiger partial charge in [0, 0.05) is 52.2 Å². The molecule has 9 heteroatoms. The van der Waals surface area contributed by atoms with Crippen LogP contribution in [0.2, 0.25) is 0 Å². The Bertz CT molecular complexity index is 644. The first kappa shape index (κ1) is 26.7. The fraction of sp³-hybridized carbons (Fsp3) is 0.619. The Morgan fingerprint density at radius 1 is 1.13 bits per heavy atom. The fourth-order valence-electron chi connectivity index (χ4n) is 3.85.